The number of carbonyl (C=O) groups is 1. The van der Waals surface area contributed by atoms with Crippen LogP contribution in [0.2, 0.25) is 0 Å². The molecule has 144 valence electrons. The van der Waals surface area contributed by atoms with E-state index in [0.29, 0.717) is 17.7 Å². The van der Waals surface area contributed by atoms with Gasteiger partial charge in [-0.25, -0.2) is 5.43 Å². The highest BCUT2D eigenvalue weighted by Gasteiger charge is 2.19. The van der Waals surface area contributed by atoms with Crippen LogP contribution in [0.3, 0.4) is 0 Å². The van der Waals surface area contributed by atoms with E-state index < -0.39 is 12.0 Å². The Bertz CT molecular complexity index is 1040. The maximum absolute atomic E-state index is 12.4. The Morgan fingerprint density at radius 3 is 2.75 bits per heavy atom. The van der Waals surface area contributed by atoms with Gasteiger partial charge in [0.2, 0.25) is 0 Å². The largest absolute Gasteiger partial charge is 0.508 e. The Balaban J connectivity index is 1.70. The van der Waals surface area contributed by atoms with Gasteiger partial charge in [0.25, 0.3) is 5.91 Å². The number of fused-ring (bicyclic) bond motifs is 1. The van der Waals surface area contributed by atoms with Gasteiger partial charge < -0.3 is 14.9 Å². The molecule has 3 aromatic carbocycles. The van der Waals surface area contributed by atoms with E-state index in [-0.39, 0.29) is 11.5 Å². The van der Waals surface area contributed by atoms with Crippen molar-refractivity contribution < 1.29 is 19.7 Å². The molecule has 0 saturated heterocycles. The summed E-state index contributed by atoms with van der Waals surface area (Å²) in [5.41, 5.74) is 2.78. The lowest BCUT2D eigenvalue weighted by Crippen LogP contribution is -2.35. The highest BCUT2D eigenvalue weighted by atomic mass is 79.9. The van der Waals surface area contributed by atoms with Crippen LogP contribution in [0, 0.1) is 0 Å². The Labute approximate surface area is 170 Å². The van der Waals surface area contributed by atoms with E-state index in [1.807, 2.05) is 43.3 Å². The molecule has 0 spiro atoms. The van der Waals surface area contributed by atoms with Gasteiger partial charge in [-0.15, -0.1) is 0 Å². The number of benzene rings is 3. The van der Waals surface area contributed by atoms with Crippen molar-refractivity contribution in [3.63, 3.8) is 0 Å². The van der Waals surface area contributed by atoms with Crippen LogP contribution in [-0.4, -0.2) is 28.4 Å². The number of hydrogen-bond acceptors (Lipinski definition) is 5. The number of ether oxygens (including phenoxy) is 1. The minimum Gasteiger partial charge on any atom is -0.508 e. The smallest absolute Gasteiger partial charge is 0.281 e. The van der Waals surface area contributed by atoms with Crippen molar-refractivity contribution >= 4 is 38.8 Å². The third-order valence-corrected chi connectivity index (χ3v) is 4.97. The van der Waals surface area contributed by atoms with Crippen LogP contribution >= 0.6 is 15.9 Å². The van der Waals surface area contributed by atoms with Crippen molar-refractivity contribution in [3.8, 4) is 17.2 Å². The predicted octanol–water partition coefficient (Wildman–Crippen LogP) is 4.32. The molecule has 1 amide bonds. The van der Waals surface area contributed by atoms with E-state index in [4.69, 9.17) is 4.74 Å². The van der Waals surface area contributed by atoms with Crippen molar-refractivity contribution in [3.05, 3.63) is 64.6 Å². The average molecular weight is 443 g/mol. The molecule has 0 saturated carbocycles. The number of phenolic OH excluding ortho intramolecular Hbond substituents is 2. The Hall–Kier alpha value is -3.06. The van der Waals surface area contributed by atoms with E-state index in [1.54, 1.807) is 0 Å². The van der Waals surface area contributed by atoms with Gasteiger partial charge in [-0.05, 0) is 51.3 Å². The summed E-state index contributed by atoms with van der Waals surface area (Å²) in [6.45, 7) is 1.84. The standard InChI is InChI=1S/C21H19BrN2O4/c1-2-18(21(27)24-23-12-14-7-9-15(25)11-17(14)26)28-19-10-8-13-5-3-4-6-16(13)20(19)22/h3-12,18,25-26H,2H2,1H3,(H,24,27)/b23-12+. The fraction of sp³-hybridized carbons (Fsp3) is 0.143. The number of hydrazone groups is 1. The number of phenols is 2. The van der Waals surface area contributed by atoms with Crippen LogP contribution in [0.25, 0.3) is 10.8 Å². The molecular formula is C21H19BrN2O4. The number of carbonyl (C=O) groups excluding carboxylic acids is 1. The SMILES string of the molecule is CCC(Oc1ccc2ccccc2c1Br)C(=O)N/N=C/c1ccc(O)cc1O. The third kappa shape index (κ3) is 4.43. The molecule has 0 aliphatic rings. The minimum atomic E-state index is -0.733. The summed E-state index contributed by atoms with van der Waals surface area (Å²) in [6, 6.07) is 15.7. The second-order valence-corrected chi connectivity index (χ2v) is 6.88. The molecule has 3 rings (SSSR count). The lowest BCUT2D eigenvalue weighted by Gasteiger charge is -2.17. The van der Waals surface area contributed by atoms with Gasteiger partial charge in [0, 0.05) is 11.6 Å². The fourth-order valence-corrected chi connectivity index (χ4v) is 3.25. The van der Waals surface area contributed by atoms with Gasteiger partial charge in [0.05, 0.1) is 10.7 Å². The summed E-state index contributed by atoms with van der Waals surface area (Å²) in [4.78, 5) is 12.4. The van der Waals surface area contributed by atoms with Gasteiger partial charge >= 0.3 is 0 Å². The number of nitrogens with zero attached hydrogens (tertiary/aromatic N) is 1. The summed E-state index contributed by atoms with van der Waals surface area (Å²) in [6.07, 6.45) is 1.01. The van der Waals surface area contributed by atoms with Gasteiger partial charge in [-0.3, -0.25) is 4.79 Å². The zero-order valence-corrected chi connectivity index (χ0v) is 16.7. The normalized spacial score (nSPS) is 12.2. The first kappa shape index (κ1) is 19.7. The topological polar surface area (TPSA) is 91.2 Å². The van der Waals surface area contributed by atoms with Crippen LogP contribution < -0.4 is 10.2 Å². The maximum atomic E-state index is 12.4. The Morgan fingerprint density at radius 2 is 2.00 bits per heavy atom. The maximum Gasteiger partial charge on any atom is 0.281 e. The van der Waals surface area contributed by atoms with Crippen molar-refractivity contribution in [2.24, 2.45) is 5.10 Å². The average Bonchev–Trinajstić information content (AvgIpc) is 2.69. The Morgan fingerprint density at radius 1 is 1.21 bits per heavy atom. The van der Waals surface area contributed by atoms with E-state index in [0.717, 1.165) is 15.2 Å². The van der Waals surface area contributed by atoms with Crippen molar-refractivity contribution in [1.29, 1.82) is 0 Å². The zero-order valence-electron chi connectivity index (χ0n) is 15.1. The molecule has 3 aromatic rings. The number of amides is 1. The van der Waals surface area contributed by atoms with Gasteiger partial charge in [-0.2, -0.15) is 5.10 Å². The quantitative estimate of drug-likeness (QED) is 0.391. The van der Waals surface area contributed by atoms with Gasteiger partial charge in [0.15, 0.2) is 6.10 Å². The molecule has 0 bridgehead atoms. The third-order valence-electron chi connectivity index (χ3n) is 4.15. The summed E-state index contributed by atoms with van der Waals surface area (Å²) in [5, 5.41) is 24.9. The van der Waals surface area contributed by atoms with E-state index in [2.05, 4.69) is 26.5 Å². The van der Waals surface area contributed by atoms with Crippen molar-refractivity contribution in [2.75, 3.05) is 0 Å². The molecule has 0 fully saturated rings. The number of aromatic hydroxyl groups is 2. The van der Waals surface area contributed by atoms with Gasteiger partial charge in [-0.1, -0.05) is 37.3 Å². The number of halogens is 1. The minimum absolute atomic E-state index is 0.0564. The summed E-state index contributed by atoms with van der Waals surface area (Å²) in [7, 11) is 0. The molecule has 7 heteroatoms. The highest BCUT2D eigenvalue weighted by molar-refractivity contribution is 9.10. The fourth-order valence-electron chi connectivity index (χ4n) is 2.66. The van der Waals surface area contributed by atoms with Crippen LogP contribution in [0.5, 0.6) is 17.2 Å². The lowest BCUT2D eigenvalue weighted by molar-refractivity contribution is -0.128. The first-order chi connectivity index (χ1) is 13.5. The summed E-state index contributed by atoms with van der Waals surface area (Å²) in [5.74, 6) is -0.0292. The van der Waals surface area contributed by atoms with Crippen LogP contribution in [0.15, 0.2) is 64.2 Å². The van der Waals surface area contributed by atoms with E-state index in [1.165, 1.54) is 24.4 Å². The molecule has 1 unspecified atom stereocenters. The number of hydrogen-bond donors (Lipinski definition) is 3. The molecule has 0 heterocycles. The van der Waals surface area contributed by atoms with E-state index in [9.17, 15) is 15.0 Å². The highest BCUT2D eigenvalue weighted by Crippen LogP contribution is 2.33. The van der Waals surface area contributed by atoms with Crippen LogP contribution in [-0.2, 0) is 4.79 Å². The molecular weight excluding hydrogens is 424 g/mol. The zero-order chi connectivity index (χ0) is 20.1. The number of rotatable bonds is 6. The first-order valence-electron chi connectivity index (χ1n) is 8.68. The second kappa shape index (κ2) is 8.75. The molecule has 3 N–H and O–H groups in total. The molecule has 0 radical (unpaired) electrons. The number of nitrogens with one attached hydrogen (secondary N) is 1. The van der Waals surface area contributed by atoms with Crippen molar-refractivity contribution in [1.82, 2.24) is 5.43 Å². The first-order valence-corrected chi connectivity index (χ1v) is 9.47. The van der Waals surface area contributed by atoms with E-state index >= 15 is 0 Å². The molecule has 28 heavy (non-hydrogen) atoms. The van der Waals surface area contributed by atoms with Crippen LogP contribution in [0.1, 0.15) is 18.9 Å². The monoisotopic (exact) mass is 442 g/mol. The Kier molecular flexibility index (Phi) is 6.16. The van der Waals surface area contributed by atoms with Crippen LogP contribution in [0.4, 0.5) is 0 Å². The lowest BCUT2D eigenvalue weighted by atomic mass is 10.1. The second-order valence-electron chi connectivity index (χ2n) is 6.09. The van der Waals surface area contributed by atoms with Crippen molar-refractivity contribution in [2.45, 2.75) is 19.4 Å². The summed E-state index contributed by atoms with van der Waals surface area (Å²) < 4.78 is 6.68. The molecule has 6 nitrogen and oxygen atoms in total. The van der Waals surface area contributed by atoms with Gasteiger partial charge in [0.1, 0.15) is 17.2 Å². The molecule has 0 aromatic heterocycles. The molecule has 0 aliphatic carbocycles. The molecule has 0 aliphatic heterocycles. The summed E-state index contributed by atoms with van der Waals surface area (Å²) >= 11 is 3.55. The predicted molar refractivity (Wildman–Crippen MR) is 112 cm³/mol. The molecule has 1 atom stereocenters.